The highest BCUT2D eigenvalue weighted by Gasteiger charge is 2.04. The van der Waals surface area contributed by atoms with E-state index in [2.05, 4.69) is 133 Å². The Bertz CT molecular complexity index is 1550. The van der Waals surface area contributed by atoms with Gasteiger partial charge in [0.05, 0.1) is 0 Å². The fraction of sp³-hybridized carbons (Fsp3) is 0. The van der Waals surface area contributed by atoms with Crippen molar-refractivity contribution in [3.05, 3.63) is 133 Å². The summed E-state index contributed by atoms with van der Waals surface area (Å²) in [6, 6.07) is 47.4. The average molecular weight is 422 g/mol. The number of hydrogen-bond donors (Lipinski definition) is 1. The van der Waals surface area contributed by atoms with Crippen LogP contribution in [-0.4, -0.2) is 0 Å². The van der Waals surface area contributed by atoms with E-state index in [0.29, 0.717) is 0 Å². The minimum atomic E-state index is 1.08. The summed E-state index contributed by atoms with van der Waals surface area (Å²) in [5.41, 5.74) is 7.07. The highest BCUT2D eigenvalue weighted by molar-refractivity contribution is 6.08. The Morgan fingerprint density at radius 1 is 0.333 bits per heavy atom. The maximum absolute atomic E-state index is 3.52. The molecular formula is C32H23N. The fourth-order valence-electron chi connectivity index (χ4n) is 4.47. The molecule has 0 unspecified atom stereocenters. The molecule has 0 radical (unpaired) electrons. The first-order valence-corrected chi connectivity index (χ1v) is 11.3. The maximum Gasteiger partial charge on any atom is 0.0384 e. The standard InChI is InChI=1S/C32H23N/c1-2-6-23(7-3-1)24-14-18-29(19-15-24)33-30-20-16-25(17-21-30)28-13-12-27-11-10-26-8-4-5-9-31(26)32(27)22-28/h1-22,33H. The van der Waals surface area contributed by atoms with Crippen LogP contribution in [0, 0.1) is 0 Å². The van der Waals surface area contributed by atoms with Gasteiger partial charge in [-0.05, 0) is 74.1 Å². The molecule has 1 heteroatoms. The lowest BCUT2D eigenvalue weighted by atomic mass is 9.97. The molecule has 0 saturated carbocycles. The summed E-state index contributed by atoms with van der Waals surface area (Å²) in [4.78, 5) is 0. The molecule has 0 amide bonds. The third kappa shape index (κ3) is 3.86. The lowest BCUT2D eigenvalue weighted by Crippen LogP contribution is -1.90. The molecule has 0 atom stereocenters. The fourth-order valence-corrected chi connectivity index (χ4v) is 4.47. The van der Waals surface area contributed by atoms with E-state index >= 15 is 0 Å². The van der Waals surface area contributed by atoms with Crippen molar-refractivity contribution in [2.45, 2.75) is 0 Å². The van der Waals surface area contributed by atoms with E-state index in [1.54, 1.807) is 0 Å². The third-order valence-electron chi connectivity index (χ3n) is 6.25. The highest BCUT2D eigenvalue weighted by Crippen LogP contribution is 2.31. The second-order valence-electron chi connectivity index (χ2n) is 8.37. The second kappa shape index (κ2) is 8.29. The van der Waals surface area contributed by atoms with Crippen molar-refractivity contribution in [3.8, 4) is 22.3 Å². The van der Waals surface area contributed by atoms with Crippen LogP contribution in [0.4, 0.5) is 11.4 Å². The minimum Gasteiger partial charge on any atom is -0.356 e. The van der Waals surface area contributed by atoms with E-state index in [-0.39, 0.29) is 0 Å². The van der Waals surface area contributed by atoms with Crippen molar-refractivity contribution in [2.24, 2.45) is 0 Å². The quantitative estimate of drug-likeness (QED) is 0.280. The van der Waals surface area contributed by atoms with E-state index in [4.69, 9.17) is 0 Å². The Balaban J connectivity index is 1.25. The molecule has 0 aliphatic rings. The number of anilines is 2. The zero-order valence-electron chi connectivity index (χ0n) is 18.2. The molecule has 33 heavy (non-hydrogen) atoms. The largest absolute Gasteiger partial charge is 0.356 e. The molecule has 156 valence electrons. The molecule has 6 aromatic rings. The zero-order chi connectivity index (χ0) is 22.0. The Morgan fingerprint density at radius 2 is 0.818 bits per heavy atom. The minimum absolute atomic E-state index is 1.08. The molecule has 6 aromatic carbocycles. The van der Waals surface area contributed by atoms with Crippen LogP contribution < -0.4 is 5.32 Å². The van der Waals surface area contributed by atoms with Crippen molar-refractivity contribution in [1.82, 2.24) is 0 Å². The molecule has 0 aromatic heterocycles. The van der Waals surface area contributed by atoms with Crippen molar-refractivity contribution in [1.29, 1.82) is 0 Å². The summed E-state index contributed by atoms with van der Waals surface area (Å²) in [5.74, 6) is 0. The number of rotatable bonds is 4. The summed E-state index contributed by atoms with van der Waals surface area (Å²) in [7, 11) is 0. The van der Waals surface area contributed by atoms with Crippen molar-refractivity contribution in [3.63, 3.8) is 0 Å². The van der Waals surface area contributed by atoms with Crippen molar-refractivity contribution >= 4 is 32.9 Å². The van der Waals surface area contributed by atoms with E-state index in [0.717, 1.165) is 11.4 Å². The third-order valence-corrected chi connectivity index (χ3v) is 6.25. The van der Waals surface area contributed by atoms with Gasteiger partial charge in [0.2, 0.25) is 0 Å². The van der Waals surface area contributed by atoms with Crippen LogP contribution >= 0.6 is 0 Å². The van der Waals surface area contributed by atoms with Crippen LogP contribution in [0.1, 0.15) is 0 Å². The van der Waals surface area contributed by atoms with Gasteiger partial charge >= 0.3 is 0 Å². The van der Waals surface area contributed by atoms with Gasteiger partial charge in [-0.15, -0.1) is 0 Å². The normalized spacial score (nSPS) is 11.0. The zero-order valence-corrected chi connectivity index (χ0v) is 18.2. The molecule has 0 fully saturated rings. The van der Waals surface area contributed by atoms with Gasteiger partial charge in [0.25, 0.3) is 0 Å². The van der Waals surface area contributed by atoms with Crippen molar-refractivity contribution < 1.29 is 0 Å². The molecule has 1 nitrogen and oxygen atoms in total. The average Bonchev–Trinajstić information content (AvgIpc) is 2.90. The Morgan fingerprint density at radius 3 is 1.52 bits per heavy atom. The van der Waals surface area contributed by atoms with Crippen molar-refractivity contribution in [2.75, 3.05) is 5.32 Å². The van der Waals surface area contributed by atoms with Crippen LogP contribution in [0.3, 0.4) is 0 Å². The van der Waals surface area contributed by atoms with E-state index in [9.17, 15) is 0 Å². The molecule has 0 heterocycles. The molecule has 0 aliphatic heterocycles. The van der Waals surface area contributed by atoms with Crippen LogP contribution in [0.2, 0.25) is 0 Å². The summed E-state index contributed by atoms with van der Waals surface area (Å²) < 4.78 is 0. The Kier molecular flexibility index (Phi) is 4.86. The SMILES string of the molecule is c1ccc(-c2ccc(Nc3ccc(-c4ccc5ccc6ccccc6c5c4)cc3)cc2)cc1. The maximum atomic E-state index is 3.52. The first kappa shape index (κ1) is 19.3. The number of benzene rings is 6. The summed E-state index contributed by atoms with van der Waals surface area (Å²) >= 11 is 0. The number of hydrogen-bond acceptors (Lipinski definition) is 1. The smallest absolute Gasteiger partial charge is 0.0384 e. The molecule has 0 aliphatic carbocycles. The Labute approximate surface area is 194 Å². The van der Waals surface area contributed by atoms with E-state index < -0.39 is 0 Å². The predicted octanol–water partition coefficient (Wildman–Crippen LogP) is 9.07. The van der Waals surface area contributed by atoms with Gasteiger partial charge in [0, 0.05) is 11.4 Å². The van der Waals surface area contributed by atoms with E-state index in [1.807, 2.05) is 6.07 Å². The Hall–Kier alpha value is -4.36. The summed E-state index contributed by atoms with van der Waals surface area (Å²) in [5, 5.41) is 8.66. The summed E-state index contributed by atoms with van der Waals surface area (Å²) in [6.45, 7) is 0. The lowest BCUT2D eigenvalue weighted by molar-refractivity contribution is 1.54. The van der Waals surface area contributed by atoms with Crippen LogP contribution in [0.25, 0.3) is 43.8 Å². The molecular weight excluding hydrogens is 398 g/mol. The molecule has 6 rings (SSSR count). The van der Waals surface area contributed by atoms with E-state index in [1.165, 1.54) is 43.8 Å². The van der Waals surface area contributed by atoms with Crippen LogP contribution in [0.15, 0.2) is 133 Å². The highest BCUT2D eigenvalue weighted by atomic mass is 14.9. The topological polar surface area (TPSA) is 12.0 Å². The molecule has 0 saturated heterocycles. The summed E-state index contributed by atoms with van der Waals surface area (Å²) in [6.07, 6.45) is 0. The van der Waals surface area contributed by atoms with Crippen LogP contribution in [-0.2, 0) is 0 Å². The molecule has 0 spiro atoms. The van der Waals surface area contributed by atoms with Gasteiger partial charge in [-0.3, -0.25) is 0 Å². The molecule has 1 N–H and O–H groups in total. The van der Waals surface area contributed by atoms with Gasteiger partial charge in [-0.1, -0.05) is 103 Å². The van der Waals surface area contributed by atoms with Gasteiger partial charge < -0.3 is 5.32 Å². The monoisotopic (exact) mass is 421 g/mol. The number of fused-ring (bicyclic) bond motifs is 3. The molecule has 0 bridgehead atoms. The lowest BCUT2D eigenvalue weighted by Gasteiger charge is -2.10. The van der Waals surface area contributed by atoms with Crippen LogP contribution in [0.5, 0.6) is 0 Å². The van der Waals surface area contributed by atoms with Gasteiger partial charge in [-0.25, -0.2) is 0 Å². The first-order valence-electron chi connectivity index (χ1n) is 11.3. The number of nitrogens with one attached hydrogen (secondary N) is 1. The second-order valence-corrected chi connectivity index (χ2v) is 8.37. The first-order chi connectivity index (χ1) is 16.3. The van der Waals surface area contributed by atoms with Gasteiger partial charge in [-0.2, -0.15) is 0 Å². The predicted molar refractivity (Wildman–Crippen MR) is 142 cm³/mol. The van der Waals surface area contributed by atoms with Gasteiger partial charge in [0.15, 0.2) is 0 Å². The van der Waals surface area contributed by atoms with Gasteiger partial charge in [0.1, 0.15) is 0 Å².